The van der Waals surface area contributed by atoms with Gasteiger partial charge in [-0.2, -0.15) is 74.6 Å². The van der Waals surface area contributed by atoms with E-state index in [0.717, 1.165) is 0 Å². The van der Waals surface area contributed by atoms with Crippen molar-refractivity contribution in [2.24, 2.45) is 0 Å². The van der Waals surface area contributed by atoms with Crippen molar-refractivity contribution in [2.45, 2.75) is 125 Å². The first kappa shape index (κ1) is 59.4. The molecule has 0 aromatic heterocycles. The Morgan fingerprint density at radius 3 is 1.63 bits per heavy atom. The number of halogens is 17. The van der Waals surface area contributed by atoms with Crippen LogP contribution in [-0.4, -0.2) is 94.9 Å². The van der Waals surface area contributed by atoms with E-state index in [2.05, 4.69) is 5.32 Å². The van der Waals surface area contributed by atoms with Gasteiger partial charge in [-0.25, -0.2) is 9.59 Å². The molecule has 68 heavy (non-hydrogen) atoms. The van der Waals surface area contributed by atoms with Crippen molar-refractivity contribution in [3.8, 4) is 11.5 Å². The highest BCUT2D eigenvalue weighted by Crippen LogP contribution is 2.64. The first-order valence-corrected chi connectivity index (χ1v) is 22.4. The number of hydrogen-bond acceptors (Lipinski definition) is 7. The second-order valence-electron chi connectivity index (χ2n) is 15.7. The molecule has 2 rings (SSSR count). The van der Waals surface area contributed by atoms with E-state index in [0.29, 0.717) is 22.6 Å². The van der Waals surface area contributed by atoms with Gasteiger partial charge >= 0.3 is 59.7 Å². The van der Waals surface area contributed by atoms with E-state index < -0.39 is 111 Å². The van der Waals surface area contributed by atoms with Crippen LogP contribution in [0.2, 0.25) is 17.1 Å². The van der Waals surface area contributed by atoms with Gasteiger partial charge in [0, 0.05) is 24.6 Å². The molecule has 0 aliphatic carbocycles. The number of esters is 1. The van der Waals surface area contributed by atoms with Crippen molar-refractivity contribution in [1.82, 2.24) is 0 Å². The van der Waals surface area contributed by atoms with Crippen LogP contribution in [0.4, 0.5) is 85.1 Å². The molecule has 8 nitrogen and oxygen atoms in total. The van der Waals surface area contributed by atoms with Gasteiger partial charge in [-0.1, -0.05) is 52.0 Å². The molecular formula is C42H48F17NO7Si. The zero-order valence-corrected chi connectivity index (χ0v) is 38.1. The molecule has 0 spiro atoms. The van der Waals surface area contributed by atoms with Crippen molar-refractivity contribution in [3.63, 3.8) is 0 Å². The molecule has 0 fully saturated rings. The average Bonchev–Trinajstić information content (AvgIpc) is 3.22. The van der Waals surface area contributed by atoms with E-state index in [4.69, 9.17) is 23.4 Å². The number of alkyl halides is 17. The zero-order valence-electron chi connectivity index (χ0n) is 37.1. The molecule has 0 unspecified atom stereocenters. The molecule has 1 N–H and O–H groups in total. The second-order valence-corrected chi connectivity index (χ2v) is 20.7. The van der Waals surface area contributed by atoms with Crippen LogP contribution < -0.4 is 14.8 Å². The molecule has 0 saturated carbocycles. The summed E-state index contributed by atoms with van der Waals surface area (Å²) in [6.45, 7) is 7.71. The quantitative estimate of drug-likeness (QED) is 0.0264. The Labute approximate surface area is 380 Å². The van der Waals surface area contributed by atoms with Crippen molar-refractivity contribution in [1.29, 1.82) is 0 Å². The molecule has 2 aromatic rings. The minimum atomic E-state index is -8.70. The highest BCUT2D eigenvalue weighted by atomic mass is 28.4. The summed E-state index contributed by atoms with van der Waals surface area (Å²) in [5.74, 6) is -56.8. The smallest absolute Gasteiger partial charge is 0.460 e. The van der Waals surface area contributed by atoms with Gasteiger partial charge in [0.25, 0.3) is 0 Å². The monoisotopic (exact) mass is 1030 g/mol. The zero-order chi connectivity index (χ0) is 52.5. The fraction of sp³-hybridized carbons (Fsp3) is 0.571. The molecule has 2 aromatic carbocycles. The van der Waals surface area contributed by atoms with Gasteiger partial charge in [0.1, 0.15) is 24.2 Å². The van der Waals surface area contributed by atoms with Crippen molar-refractivity contribution >= 4 is 26.1 Å². The van der Waals surface area contributed by atoms with Crippen molar-refractivity contribution < 1.29 is 108 Å². The second kappa shape index (κ2) is 22.3. The molecule has 1 atom stereocenters. The predicted octanol–water partition coefficient (Wildman–Crippen LogP) is 14.0. The normalized spacial score (nSPS) is 14.6. The number of nitrogens with one attached hydrogen (secondary N) is 1. The summed E-state index contributed by atoms with van der Waals surface area (Å²) in [6, 6.07) is 10.7. The average molecular weight is 1030 g/mol. The maximum absolute atomic E-state index is 15.0. The standard InChI is InChI=1S/C42H48F17NO7Si/c1-8-64-33(61)24-27(6)10-9-11-32(67-34(62)60-29-14-18-30(63-7)19-15-29)28-12-16-31(17-13-28)65-21-22-66-68(25(2)3,26(4)5)23-20-35(43,44)36(45,46)37(47,48)38(49,50)39(51,52)40(53,54)41(55,56)42(57,58)59/h9-10,12-19,24-26,32H,8,11,20-23H2,1-7H3,(H,60,62)/b10-9+,27-24+/t32-/m0/s1. The molecule has 1 amide bonds. The van der Waals surface area contributed by atoms with Gasteiger partial charge in [-0.15, -0.1) is 0 Å². The van der Waals surface area contributed by atoms with Crippen LogP contribution in [0.1, 0.15) is 66.1 Å². The van der Waals surface area contributed by atoms with E-state index in [1.807, 2.05) is 0 Å². The fourth-order valence-corrected chi connectivity index (χ4v) is 11.0. The number of rotatable bonds is 25. The highest BCUT2D eigenvalue weighted by molar-refractivity contribution is 6.76. The molecule has 0 saturated heterocycles. The Morgan fingerprint density at radius 1 is 0.676 bits per heavy atom. The number of allylic oxidation sites excluding steroid dienone is 2. The van der Waals surface area contributed by atoms with E-state index >= 15 is 8.78 Å². The van der Waals surface area contributed by atoms with Crippen LogP contribution in [0.3, 0.4) is 0 Å². The Morgan fingerprint density at radius 2 is 1.16 bits per heavy atom. The lowest BCUT2D eigenvalue weighted by molar-refractivity contribution is -0.461. The van der Waals surface area contributed by atoms with Crippen LogP contribution in [0.25, 0.3) is 0 Å². The number of carbonyl (C=O) groups is 2. The molecular weight excluding hydrogens is 982 g/mol. The summed E-state index contributed by atoms with van der Waals surface area (Å²) in [5, 5.41) is 2.56. The van der Waals surface area contributed by atoms with Gasteiger partial charge in [0.2, 0.25) is 0 Å². The van der Waals surface area contributed by atoms with Crippen LogP contribution in [0.15, 0.2) is 72.3 Å². The summed E-state index contributed by atoms with van der Waals surface area (Å²) in [6.07, 6.45) is -7.72. The fourth-order valence-electron chi connectivity index (χ4n) is 6.52. The van der Waals surface area contributed by atoms with E-state index in [-0.39, 0.29) is 18.8 Å². The first-order chi connectivity index (χ1) is 30.9. The number of anilines is 1. The maximum Gasteiger partial charge on any atom is 0.460 e. The van der Waals surface area contributed by atoms with Gasteiger partial charge < -0.3 is 23.4 Å². The minimum absolute atomic E-state index is 0.0730. The SMILES string of the molecule is CCOC(=O)/C=C(C)/C=C/C[C@H](OC(=O)Nc1ccc(OC)cc1)c1ccc(OCCO[Si](CCC(F)(F)C(F)(F)C(F)(F)C(F)(F)C(F)(F)C(F)(F)C(F)(F)C(F)(F)F)(C(C)C)C(C)C)cc1. The van der Waals surface area contributed by atoms with Gasteiger partial charge in [-0.05, 0) is 78.5 Å². The van der Waals surface area contributed by atoms with Crippen LogP contribution >= 0.6 is 0 Å². The summed E-state index contributed by atoms with van der Waals surface area (Å²) >= 11 is 0. The van der Waals surface area contributed by atoms with Crippen molar-refractivity contribution in [3.05, 3.63) is 77.9 Å². The number of amides is 1. The number of methoxy groups -OCH3 is 1. The third-order valence-electron chi connectivity index (χ3n) is 10.5. The van der Waals surface area contributed by atoms with Gasteiger partial charge in [0.15, 0.2) is 8.32 Å². The lowest BCUT2D eigenvalue weighted by Gasteiger charge is -2.44. The molecule has 0 bridgehead atoms. The summed E-state index contributed by atoms with van der Waals surface area (Å²) < 4.78 is 263. The predicted molar refractivity (Wildman–Crippen MR) is 214 cm³/mol. The van der Waals surface area contributed by atoms with Crippen molar-refractivity contribution in [2.75, 3.05) is 32.2 Å². The summed E-state index contributed by atoms with van der Waals surface area (Å²) in [5.41, 5.74) is -0.500. The molecule has 26 heteroatoms. The molecule has 0 aliphatic heterocycles. The number of carbonyl (C=O) groups excluding carboxylic acids is 2. The van der Waals surface area contributed by atoms with Gasteiger partial charge in [-0.3, -0.25) is 5.32 Å². The Kier molecular flexibility index (Phi) is 19.5. The maximum atomic E-state index is 15.0. The van der Waals surface area contributed by atoms with E-state index in [9.17, 15) is 75.4 Å². The number of hydrogen-bond donors (Lipinski definition) is 1. The Hall–Kier alpha value is -4.75. The number of benzene rings is 2. The lowest BCUT2D eigenvalue weighted by Crippen LogP contribution is -2.74. The molecule has 0 radical (unpaired) electrons. The minimum Gasteiger partial charge on any atom is -0.497 e. The third-order valence-corrected chi connectivity index (χ3v) is 16.2. The van der Waals surface area contributed by atoms with Crippen LogP contribution in [0.5, 0.6) is 11.5 Å². The van der Waals surface area contributed by atoms with Gasteiger partial charge in [0.05, 0.1) is 20.3 Å². The topological polar surface area (TPSA) is 92.3 Å². The van der Waals surface area contributed by atoms with Crippen LogP contribution in [0, 0.1) is 0 Å². The third kappa shape index (κ3) is 12.7. The van der Waals surface area contributed by atoms with E-state index in [1.165, 1.54) is 65.1 Å². The Balaban J connectivity index is 2.29. The molecule has 0 heterocycles. The molecule has 386 valence electrons. The highest BCUT2D eigenvalue weighted by Gasteiger charge is 2.95. The summed E-state index contributed by atoms with van der Waals surface area (Å²) in [4.78, 5) is 24.7. The van der Waals surface area contributed by atoms with Crippen LogP contribution in [-0.2, 0) is 18.7 Å². The Bertz CT molecular complexity index is 2020. The van der Waals surface area contributed by atoms with E-state index in [1.54, 1.807) is 50.3 Å². The lowest BCUT2D eigenvalue weighted by atomic mass is 9.88. The summed E-state index contributed by atoms with van der Waals surface area (Å²) in [7, 11) is -2.57. The number of ether oxygens (including phenoxy) is 4. The molecule has 0 aliphatic rings. The largest absolute Gasteiger partial charge is 0.497 e. The first-order valence-electron chi connectivity index (χ1n) is 20.1.